The maximum atomic E-state index is 12.5. The van der Waals surface area contributed by atoms with E-state index in [4.69, 9.17) is 4.74 Å². The van der Waals surface area contributed by atoms with Crippen LogP contribution in [0, 0.1) is 5.92 Å². The number of benzene rings is 1. The van der Waals surface area contributed by atoms with E-state index in [0.717, 1.165) is 24.4 Å². The highest BCUT2D eigenvalue weighted by molar-refractivity contribution is 8.93. The fourth-order valence-electron chi connectivity index (χ4n) is 2.10. The van der Waals surface area contributed by atoms with Gasteiger partial charge in [0.25, 0.3) is 0 Å². The van der Waals surface area contributed by atoms with E-state index in [9.17, 15) is 4.79 Å². The number of ketones is 1. The number of nitrogens with zero attached hydrogens (tertiary/aromatic N) is 2. The molecule has 0 saturated carbocycles. The largest absolute Gasteiger partial charge is 0.497 e. The molecule has 0 aliphatic rings. The predicted molar refractivity (Wildman–Crippen MR) is 88.2 cm³/mol. The van der Waals surface area contributed by atoms with Gasteiger partial charge in [-0.3, -0.25) is 4.79 Å². The monoisotopic (exact) mass is 344 g/mol. The van der Waals surface area contributed by atoms with E-state index >= 15 is 0 Å². The Morgan fingerprint density at radius 1 is 1.05 bits per heavy atom. The molecule has 0 bridgehead atoms. The van der Waals surface area contributed by atoms with Crippen LogP contribution >= 0.6 is 17.0 Å². The molecule has 0 aliphatic heterocycles. The summed E-state index contributed by atoms with van der Waals surface area (Å²) in [5.41, 5.74) is 0.745. The third kappa shape index (κ3) is 6.03. The van der Waals surface area contributed by atoms with E-state index in [1.54, 1.807) is 7.11 Å². The van der Waals surface area contributed by atoms with E-state index in [0.29, 0.717) is 0 Å². The average molecular weight is 345 g/mol. The lowest BCUT2D eigenvalue weighted by Crippen LogP contribution is -2.35. The third-order valence-corrected chi connectivity index (χ3v) is 2.92. The number of carbonyl (C=O) groups is 1. The second kappa shape index (κ2) is 9.10. The molecule has 0 atom stereocenters. The zero-order valence-corrected chi connectivity index (χ0v) is 14.6. The van der Waals surface area contributed by atoms with E-state index in [-0.39, 0.29) is 28.7 Å². The molecule has 0 aliphatic carbocycles. The highest BCUT2D eigenvalue weighted by Crippen LogP contribution is 2.16. The standard InChI is InChI=1S/C15H24N2O2.BrH/c1-16(2)10-13(11-17(3)4)15(18)12-6-8-14(19-5)9-7-12;/h6-9,13H,10-11H2,1-5H3;1H. The summed E-state index contributed by atoms with van der Waals surface area (Å²) in [6.45, 7) is 1.51. The lowest BCUT2D eigenvalue weighted by molar-refractivity contribution is 0.0871. The lowest BCUT2D eigenvalue weighted by atomic mass is 9.96. The lowest BCUT2D eigenvalue weighted by Gasteiger charge is -2.23. The highest BCUT2D eigenvalue weighted by Gasteiger charge is 2.21. The summed E-state index contributed by atoms with van der Waals surface area (Å²) in [7, 11) is 9.58. The Morgan fingerprint density at radius 3 is 1.85 bits per heavy atom. The van der Waals surface area contributed by atoms with Crippen molar-refractivity contribution < 1.29 is 9.53 Å². The van der Waals surface area contributed by atoms with Gasteiger partial charge in [0.1, 0.15) is 5.75 Å². The van der Waals surface area contributed by atoms with Crippen molar-refractivity contribution in [1.29, 1.82) is 0 Å². The van der Waals surface area contributed by atoms with E-state index < -0.39 is 0 Å². The number of hydrogen-bond donors (Lipinski definition) is 0. The van der Waals surface area contributed by atoms with Gasteiger partial charge in [-0.2, -0.15) is 0 Å². The molecule has 0 unspecified atom stereocenters. The molecule has 0 saturated heterocycles. The smallest absolute Gasteiger partial charge is 0.168 e. The summed E-state index contributed by atoms with van der Waals surface area (Å²) in [6.07, 6.45) is 0. The maximum Gasteiger partial charge on any atom is 0.168 e. The van der Waals surface area contributed by atoms with Gasteiger partial charge < -0.3 is 14.5 Å². The molecule has 20 heavy (non-hydrogen) atoms. The molecule has 5 heteroatoms. The van der Waals surface area contributed by atoms with Gasteiger partial charge in [0, 0.05) is 24.6 Å². The average Bonchev–Trinajstić information content (AvgIpc) is 2.36. The van der Waals surface area contributed by atoms with Gasteiger partial charge in [-0.1, -0.05) is 0 Å². The number of Topliss-reactive ketones (excluding diaryl/α,β-unsaturated/α-hetero) is 1. The zero-order valence-electron chi connectivity index (χ0n) is 12.9. The molecule has 0 fully saturated rings. The van der Waals surface area contributed by atoms with Crippen LogP contribution in [-0.4, -0.2) is 64.0 Å². The minimum Gasteiger partial charge on any atom is -0.497 e. The van der Waals surface area contributed by atoms with Gasteiger partial charge in [0.2, 0.25) is 0 Å². The number of carbonyl (C=O) groups excluding carboxylic acids is 1. The van der Waals surface area contributed by atoms with Crippen molar-refractivity contribution >= 4 is 22.8 Å². The van der Waals surface area contributed by atoms with Gasteiger partial charge in [-0.25, -0.2) is 0 Å². The molecule has 4 nitrogen and oxygen atoms in total. The second-order valence-electron chi connectivity index (χ2n) is 5.31. The zero-order chi connectivity index (χ0) is 14.4. The molecular formula is C15H25BrN2O2. The van der Waals surface area contributed by atoms with Gasteiger partial charge in [-0.15, -0.1) is 17.0 Å². The Hall–Kier alpha value is -0.910. The third-order valence-electron chi connectivity index (χ3n) is 2.92. The van der Waals surface area contributed by atoms with Crippen LogP contribution in [0.25, 0.3) is 0 Å². The predicted octanol–water partition coefficient (Wildman–Crippen LogP) is 2.20. The highest BCUT2D eigenvalue weighted by atomic mass is 79.9. The molecule has 1 rings (SSSR count). The minimum atomic E-state index is -0.0154. The quantitative estimate of drug-likeness (QED) is 0.710. The minimum absolute atomic E-state index is 0. The first-order valence-electron chi connectivity index (χ1n) is 6.41. The van der Waals surface area contributed by atoms with Crippen LogP contribution in [0.2, 0.25) is 0 Å². The molecule has 0 radical (unpaired) electrons. The van der Waals surface area contributed by atoms with Crippen LogP contribution in [0.5, 0.6) is 5.75 Å². The van der Waals surface area contributed by atoms with Crippen molar-refractivity contribution in [2.45, 2.75) is 0 Å². The Bertz CT molecular complexity index is 395. The Kier molecular flexibility index (Phi) is 8.69. The van der Waals surface area contributed by atoms with Crippen LogP contribution in [-0.2, 0) is 0 Å². The first-order valence-corrected chi connectivity index (χ1v) is 6.41. The van der Waals surface area contributed by atoms with Crippen molar-refractivity contribution in [3.05, 3.63) is 29.8 Å². The van der Waals surface area contributed by atoms with Crippen LogP contribution in [0.15, 0.2) is 24.3 Å². The SMILES string of the molecule is Br.COc1ccc(C(=O)C(CN(C)C)CN(C)C)cc1. The fourth-order valence-corrected chi connectivity index (χ4v) is 2.10. The molecule has 0 heterocycles. The van der Waals surface area contributed by atoms with E-state index in [1.165, 1.54) is 0 Å². The molecule has 0 aromatic heterocycles. The molecule has 0 amide bonds. The number of halogens is 1. The molecule has 0 N–H and O–H groups in total. The normalized spacial score (nSPS) is 10.8. The van der Waals surface area contributed by atoms with Crippen molar-refractivity contribution in [3.63, 3.8) is 0 Å². The number of rotatable bonds is 7. The molecule has 0 spiro atoms. The number of ether oxygens (including phenoxy) is 1. The summed E-state index contributed by atoms with van der Waals surface area (Å²) in [4.78, 5) is 16.6. The molecule has 114 valence electrons. The van der Waals surface area contributed by atoms with Crippen molar-refractivity contribution in [2.24, 2.45) is 5.92 Å². The first-order chi connectivity index (χ1) is 8.93. The first kappa shape index (κ1) is 19.1. The Balaban J connectivity index is 0.00000361. The number of hydrogen-bond acceptors (Lipinski definition) is 4. The van der Waals surface area contributed by atoms with Crippen LogP contribution < -0.4 is 4.74 Å². The van der Waals surface area contributed by atoms with Crippen molar-refractivity contribution in [3.8, 4) is 5.75 Å². The van der Waals surface area contributed by atoms with Crippen molar-refractivity contribution in [2.75, 3.05) is 48.4 Å². The van der Waals surface area contributed by atoms with Gasteiger partial charge in [0.15, 0.2) is 5.78 Å². The van der Waals surface area contributed by atoms with Gasteiger partial charge in [0.05, 0.1) is 7.11 Å². The Morgan fingerprint density at radius 2 is 1.50 bits per heavy atom. The fraction of sp³-hybridized carbons (Fsp3) is 0.533. The maximum absolute atomic E-state index is 12.5. The van der Waals surface area contributed by atoms with Crippen molar-refractivity contribution in [1.82, 2.24) is 9.80 Å². The number of methoxy groups -OCH3 is 1. The van der Waals surface area contributed by atoms with Gasteiger partial charge in [-0.05, 0) is 52.5 Å². The molecule has 1 aromatic carbocycles. The molecular weight excluding hydrogens is 320 g/mol. The summed E-state index contributed by atoms with van der Waals surface area (Å²) in [6, 6.07) is 7.32. The summed E-state index contributed by atoms with van der Waals surface area (Å²) in [5.74, 6) is 0.941. The molecule has 1 aromatic rings. The topological polar surface area (TPSA) is 32.8 Å². The summed E-state index contributed by atoms with van der Waals surface area (Å²) in [5, 5.41) is 0. The van der Waals surface area contributed by atoms with E-state index in [1.807, 2.05) is 52.5 Å². The summed E-state index contributed by atoms with van der Waals surface area (Å²) < 4.78 is 5.11. The van der Waals surface area contributed by atoms with Crippen LogP contribution in [0.3, 0.4) is 0 Å². The van der Waals surface area contributed by atoms with Crippen LogP contribution in [0.1, 0.15) is 10.4 Å². The second-order valence-corrected chi connectivity index (χ2v) is 5.31. The van der Waals surface area contributed by atoms with E-state index in [2.05, 4.69) is 9.80 Å². The van der Waals surface area contributed by atoms with Crippen LogP contribution in [0.4, 0.5) is 0 Å². The van der Waals surface area contributed by atoms with Gasteiger partial charge >= 0.3 is 0 Å². The Labute approximate surface area is 132 Å². The summed E-state index contributed by atoms with van der Waals surface area (Å²) >= 11 is 0.